The molecule has 0 spiro atoms. The number of hydrogen-bond acceptors (Lipinski definition) is 5. The number of nitro groups is 1. The van der Waals surface area contributed by atoms with Crippen molar-refractivity contribution in [1.82, 2.24) is 5.32 Å². The Bertz CT molecular complexity index is 756. The van der Waals surface area contributed by atoms with Crippen LogP contribution >= 0.6 is 11.3 Å². The van der Waals surface area contributed by atoms with E-state index in [1.165, 1.54) is 23.5 Å². The second kappa shape index (κ2) is 8.39. The maximum atomic E-state index is 12.1. The number of non-ortho nitro benzene ring substituents is 1. The second-order valence-corrected chi connectivity index (χ2v) is 6.49. The topological polar surface area (TPSA) is 110 Å². The van der Waals surface area contributed by atoms with Crippen molar-refractivity contribution in [3.05, 3.63) is 39.3 Å². The summed E-state index contributed by atoms with van der Waals surface area (Å²) in [4.78, 5) is 33.3. The van der Waals surface area contributed by atoms with Gasteiger partial charge in [0, 0.05) is 35.2 Å². The summed E-state index contributed by atoms with van der Waals surface area (Å²) in [5, 5.41) is 22.8. The standard InChI is InChI=1S/C16H18N2O5S/c19-15(20)5-3-1-2-4-8-17-16(21)14-10-11-9-12(18(22)23)6-7-13(11)24-14/h6-7,9-10H,1-5,8H2,(H,17,21)(H,19,20). The van der Waals surface area contributed by atoms with E-state index in [4.69, 9.17) is 5.11 Å². The number of carbonyl (C=O) groups excluding carboxylic acids is 1. The lowest BCUT2D eigenvalue weighted by molar-refractivity contribution is -0.384. The number of nitro benzene ring substituents is 1. The Morgan fingerprint density at radius 3 is 2.62 bits per heavy atom. The molecule has 1 aromatic carbocycles. The minimum Gasteiger partial charge on any atom is -0.481 e. The van der Waals surface area contributed by atoms with E-state index in [0.29, 0.717) is 23.2 Å². The van der Waals surface area contributed by atoms with Crippen LogP contribution in [-0.4, -0.2) is 28.5 Å². The van der Waals surface area contributed by atoms with Crippen molar-refractivity contribution < 1.29 is 19.6 Å². The van der Waals surface area contributed by atoms with Gasteiger partial charge in [0.05, 0.1) is 9.80 Å². The monoisotopic (exact) mass is 350 g/mol. The third kappa shape index (κ3) is 5.02. The lowest BCUT2D eigenvalue weighted by Crippen LogP contribution is -2.23. The molecular formula is C16H18N2O5S. The number of nitrogens with one attached hydrogen (secondary N) is 1. The number of fused-ring (bicyclic) bond motifs is 1. The molecule has 1 aromatic heterocycles. The molecule has 0 fully saturated rings. The van der Waals surface area contributed by atoms with Gasteiger partial charge in [-0.05, 0) is 25.0 Å². The predicted octanol–water partition coefficient (Wildman–Crippen LogP) is 3.57. The van der Waals surface area contributed by atoms with E-state index >= 15 is 0 Å². The number of benzene rings is 1. The van der Waals surface area contributed by atoms with Gasteiger partial charge in [-0.3, -0.25) is 19.7 Å². The van der Waals surface area contributed by atoms with E-state index in [0.717, 1.165) is 24.0 Å². The van der Waals surface area contributed by atoms with Gasteiger partial charge in [-0.25, -0.2) is 0 Å². The molecule has 0 saturated carbocycles. The van der Waals surface area contributed by atoms with Gasteiger partial charge in [0.15, 0.2) is 0 Å². The fraction of sp³-hybridized carbons (Fsp3) is 0.375. The summed E-state index contributed by atoms with van der Waals surface area (Å²) in [5.74, 6) is -0.974. The minimum atomic E-state index is -0.784. The molecule has 7 nitrogen and oxygen atoms in total. The predicted molar refractivity (Wildman–Crippen MR) is 91.5 cm³/mol. The maximum Gasteiger partial charge on any atom is 0.303 e. The van der Waals surface area contributed by atoms with E-state index in [9.17, 15) is 19.7 Å². The Labute approximate surface area is 142 Å². The summed E-state index contributed by atoms with van der Waals surface area (Å²) in [6.45, 7) is 0.528. The van der Waals surface area contributed by atoms with Gasteiger partial charge in [0.2, 0.25) is 0 Å². The zero-order chi connectivity index (χ0) is 17.5. The molecule has 2 aromatic rings. The van der Waals surface area contributed by atoms with Crippen LogP contribution in [0.25, 0.3) is 10.1 Å². The Kier molecular flexibility index (Phi) is 6.25. The third-order valence-corrected chi connectivity index (χ3v) is 4.65. The lowest BCUT2D eigenvalue weighted by Gasteiger charge is -2.03. The van der Waals surface area contributed by atoms with Crippen molar-refractivity contribution in [2.45, 2.75) is 32.1 Å². The molecule has 0 atom stereocenters. The first-order valence-corrected chi connectivity index (χ1v) is 8.47. The summed E-state index contributed by atoms with van der Waals surface area (Å²) >= 11 is 1.30. The zero-order valence-electron chi connectivity index (χ0n) is 13.0. The number of nitrogens with zero attached hydrogens (tertiary/aromatic N) is 1. The number of aliphatic carboxylic acids is 1. The number of unbranched alkanes of at least 4 members (excludes halogenated alkanes) is 3. The summed E-state index contributed by atoms with van der Waals surface area (Å²) in [5.41, 5.74) is 0.00798. The number of thiophene rings is 1. The third-order valence-electron chi connectivity index (χ3n) is 3.54. The highest BCUT2D eigenvalue weighted by Crippen LogP contribution is 2.28. The van der Waals surface area contributed by atoms with Gasteiger partial charge in [0.1, 0.15) is 0 Å². The first kappa shape index (κ1) is 17.9. The zero-order valence-corrected chi connectivity index (χ0v) is 13.8. The van der Waals surface area contributed by atoms with Crippen LogP contribution in [0.2, 0.25) is 0 Å². The lowest BCUT2D eigenvalue weighted by atomic mass is 10.1. The van der Waals surface area contributed by atoms with Gasteiger partial charge in [-0.1, -0.05) is 12.8 Å². The molecule has 0 aliphatic rings. The number of amides is 1. The molecule has 0 aliphatic carbocycles. The van der Waals surface area contributed by atoms with E-state index in [-0.39, 0.29) is 18.0 Å². The number of rotatable bonds is 9. The van der Waals surface area contributed by atoms with Crippen LogP contribution in [0.1, 0.15) is 41.8 Å². The summed E-state index contributed by atoms with van der Waals surface area (Å²) < 4.78 is 0.833. The molecule has 0 unspecified atom stereocenters. The molecule has 24 heavy (non-hydrogen) atoms. The van der Waals surface area contributed by atoms with Crippen LogP contribution in [0.4, 0.5) is 5.69 Å². The molecule has 0 bridgehead atoms. The summed E-state index contributed by atoms with van der Waals surface area (Å²) in [6.07, 6.45) is 3.32. The Balaban J connectivity index is 1.81. The van der Waals surface area contributed by atoms with Crippen molar-refractivity contribution in [3.8, 4) is 0 Å². The highest BCUT2D eigenvalue weighted by molar-refractivity contribution is 7.20. The first-order valence-electron chi connectivity index (χ1n) is 7.65. The van der Waals surface area contributed by atoms with Crippen molar-refractivity contribution in [3.63, 3.8) is 0 Å². The highest BCUT2D eigenvalue weighted by Gasteiger charge is 2.12. The van der Waals surface area contributed by atoms with Gasteiger partial charge < -0.3 is 10.4 Å². The Morgan fingerprint density at radius 2 is 1.92 bits per heavy atom. The number of carboxylic acids is 1. The molecule has 0 saturated heterocycles. The minimum absolute atomic E-state index is 0.00798. The molecule has 0 radical (unpaired) electrons. The second-order valence-electron chi connectivity index (χ2n) is 5.40. The average molecular weight is 350 g/mol. The van der Waals surface area contributed by atoms with Crippen LogP contribution in [0.3, 0.4) is 0 Å². The molecule has 128 valence electrons. The van der Waals surface area contributed by atoms with Crippen LogP contribution in [0.15, 0.2) is 24.3 Å². The van der Waals surface area contributed by atoms with Gasteiger partial charge in [-0.15, -0.1) is 11.3 Å². The van der Waals surface area contributed by atoms with Crippen LogP contribution in [0.5, 0.6) is 0 Å². The van der Waals surface area contributed by atoms with Crippen molar-refractivity contribution in [2.75, 3.05) is 6.54 Å². The normalized spacial score (nSPS) is 10.7. The number of carboxylic acid groups (broad SMARTS) is 1. The van der Waals surface area contributed by atoms with Gasteiger partial charge in [0.25, 0.3) is 11.6 Å². The molecule has 1 heterocycles. The van der Waals surface area contributed by atoms with Crippen LogP contribution in [0, 0.1) is 10.1 Å². The summed E-state index contributed by atoms with van der Waals surface area (Å²) in [7, 11) is 0. The van der Waals surface area contributed by atoms with E-state index in [1.54, 1.807) is 12.1 Å². The smallest absolute Gasteiger partial charge is 0.303 e. The average Bonchev–Trinajstić information content (AvgIpc) is 2.96. The highest BCUT2D eigenvalue weighted by atomic mass is 32.1. The first-order chi connectivity index (χ1) is 11.5. The molecule has 2 rings (SSSR count). The van der Waals surface area contributed by atoms with Crippen LogP contribution < -0.4 is 5.32 Å². The fourth-order valence-electron chi connectivity index (χ4n) is 2.30. The molecule has 0 aliphatic heterocycles. The van der Waals surface area contributed by atoms with Crippen molar-refractivity contribution in [2.24, 2.45) is 0 Å². The molecule has 2 N–H and O–H groups in total. The quantitative estimate of drug-likeness (QED) is 0.408. The maximum absolute atomic E-state index is 12.1. The largest absolute Gasteiger partial charge is 0.481 e. The van der Waals surface area contributed by atoms with Gasteiger partial charge in [-0.2, -0.15) is 0 Å². The number of carbonyl (C=O) groups is 2. The van der Waals surface area contributed by atoms with Crippen LogP contribution in [-0.2, 0) is 4.79 Å². The van der Waals surface area contributed by atoms with E-state index < -0.39 is 10.9 Å². The van der Waals surface area contributed by atoms with E-state index in [1.807, 2.05) is 0 Å². The molecule has 1 amide bonds. The molecular weight excluding hydrogens is 332 g/mol. The number of hydrogen-bond donors (Lipinski definition) is 2. The summed E-state index contributed by atoms with van der Waals surface area (Å²) in [6, 6.07) is 6.20. The Hall–Kier alpha value is -2.48. The SMILES string of the molecule is O=C(O)CCCCCCNC(=O)c1cc2cc([N+](=O)[O-])ccc2s1. The van der Waals surface area contributed by atoms with Gasteiger partial charge >= 0.3 is 5.97 Å². The van der Waals surface area contributed by atoms with Crippen molar-refractivity contribution >= 4 is 39.0 Å². The van der Waals surface area contributed by atoms with E-state index in [2.05, 4.69) is 5.32 Å². The molecule has 8 heteroatoms. The van der Waals surface area contributed by atoms with Crippen molar-refractivity contribution in [1.29, 1.82) is 0 Å². The Morgan fingerprint density at radius 1 is 1.17 bits per heavy atom. The fourth-order valence-corrected chi connectivity index (χ4v) is 3.26.